The smallest absolute Gasteiger partial charge is 0.200 e. The molecular formula is C10H7F5O. The van der Waals surface area contributed by atoms with Crippen molar-refractivity contribution in [3.05, 3.63) is 34.6 Å². The summed E-state index contributed by atoms with van der Waals surface area (Å²) in [6.45, 7) is 1.31. The zero-order valence-electron chi connectivity index (χ0n) is 8.16. The van der Waals surface area contributed by atoms with Gasteiger partial charge in [-0.1, -0.05) is 6.92 Å². The van der Waals surface area contributed by atoms with Crippen LogP contribution >= 0.6 is 0 Å². The predicted molar refractivity (Wildman–Crippen MR) is 45.2 cm³/mol. The minimum atomic E-state index is -2.20. The minimum absolute atomic E-state index is 0.373. The number of hydrogen-bond acceptors (Lipinski definition) is 1. The van der Waals surface area contributed by atoms with Crippen LogP contribution in [0.1, 0.15) is 12.5 Å². The highest BCUT2D eigenvalue weighted by Gasteiger charge is 2.26. The van der Waals surface area contributed by atoms with Gasteiger partial charge in [0.1, 0.15) is 6.29 Å². The Morgan fingerprint density at radius 2 is 1.31 bits per heavy atom. The Labute approximate surface area is 87.9 Å². The van der Waals surface area contributed by atoms with Crippen molar-refractivity contribution in [3.8, 4) is 0 Å². The second kappa shape index (κ2) is 4.59. The molecule has 0 aliphatic heterocycles. The summed E-state index contributed by atoms with van der Waals surface area (Å²) in [6, 6.07) is 0. The van der Waals surface area contributed by atoms with E-state index in [4.69, 9.17) is 0 Å². The van der Waals surface area contributed by atoms with E-state index in [0.717, 1.165) is 0 Å². The van der Waals surface area contributed by atoms with Crippen LogP contribution in [0.4, 0.5) is 22.0 Å². The molecule has 0 N–H and O–H groups in total. The van der Waals surface area contributed by atoms with Crippen LogP contribution in [0.3, 0.4) is 0 Å². The van der Waals surface area contributed by atoms with Gasteiger partial charge in [-0.05, 0) is 6.42 Å². The van der Waals surface area contributed by atoms with Crippen molar-refractivity contribution in [1.82, 2.24) is 0 Å². The number of hydrogen-bond donors (Lipinski definition) is 0. The molecular weight excluding hydrogens is 231 g/mol. The molecule has 0 radical (unpaired) electrons. The van der Waals surface area contributed by atoms with Crippen LogP contribution in [0.15, 0.2) is 0 Å². The number of halogens is 5. The molecule has 0 saturated heterocycles. The first-order chi connectivity index (χ1) is 7.40. The van der Waals surface area contributed by atoms with Crippen LogP contribution < -0.4 is 0 Å². The lowest BCUT2D eigenvalue weighted by molar-refractivity contribution is -0.110. The fraction of sp³-hybridized carbons (Fsp3) is 0.300. The van der Waals surface area contributed by atoms with Crippen LogP contribution in [0.25, 0.3) is 0 Å². The van der Waals surface area contributed by atoms with E-state index in [9.17, 15) is 26.7 Å². The van der Waals surface area contributed by atoms with Crippen LogP contribution in [0.2, 0.25) is 0 Å². The Hall–Kier alpha value is -1.46. The molecule has 1 atom stereocenters. The molecule has 0 aliphatic carbocycles. The second-order valence-electron chi connectivity index (χ2n) is 3.37. The average Bonchev–Trinajstić information content (AvgIpc) is 2.29. The summed E-state index contributed by atoms with van der Waals surface area (Å²) in [7, 11) is 0. The van der Waals surface area contributed by atoms with Gasteiger partial charge in [0.05, 0.1) is 0 Å². The number of aldehydes is 1. The first-order valence-electron chi connectivity index (χ1n) is 4.35. The third kappa shape index (κ3) is 2.05. The van der Waals surface area contributed by atoms with Gasteiger partial charge in [-0.2, -0.15) is 0 Å². The third-order valence-corrected chi connectivity index (χ3v) is 2.06. The number of rotatable bonds is 3. The molecule has 0 aliphatic rings. The van der Waals surface area contributed by atoms with Gasteiger partial charge >= 0.3 is 0 Å². The fourth-order valence-corrected chi connectivity index (χ4v) is 1.20. The summed E-state index contributed by atoms with van der Waals surface area (Å²) >= 11 is 0. The summed E-state index contributed by atoms with van der Waals surface area (Å²) in [5.41, 5.74) is -0.962. The Morgan fingerprint density at radius 3 is 1.69 bits per heavy atom. The van der Waals surface area contributed by atoms with Gasteiger partial charge < -0.3 is 4.79 Å². The summed E-state index contributed by atoms with van der Waals surface area (Å²) in [5, 5.41) is 0. The van der Waals surface area contributed by atoms with Crippen molar-refractivity contribution in [2.24, 2.45) is 5.92 Å². The topological polar surface area (TPSA) is 17.1 Å². The Bertz CT molecular complexity index is 401. The molecule has 88 valence electrons. The zero-order chi connectivity index (χ0) is 12.5. The van der Waals surface area contributed by atoms with Gasteiger partial charge in [0, 0.05) is 11.5 Å². The molecule has 0 spiro atoms. The normalized spacial score (nSPS) is 12.6. The van der Waals surface area contributed by atoms with Crippen molar-refractivity contribution in [3.63, 3.8) is 0 Å². The first kappa shape index (κ1) is 12.6. The minimum Gasteiger partial charge on any atom is -0.303 e. The lowest BCUT2D eigenvalue weighted by atomic mass is 10.0. The highest BCUT2D eigenvalue weighted by Crippen LogP contribution is 2.24. The molecule has 1 rings (SSSR count). The maximum Gasteiger partial charge on any atom is 0.200 e. The summed E-state index contributed by atoms with van der Waals surface area (Å²) in [6.07, 6.45) is -0.159. The van der Waals surface area contributed by atoms with Gasteiger partial charge in [-0.15, -0.1) is 0 Å². The van der Waals surface area contributed by atoms with Gasteiger partial charge in [-0.25, -0.2) is 22.0 Å². The van der Waals surface area contributed by atoms with Crippen molar-refractivity contribution < 1.29 is 26.7 Å². The number of carbonyl (C=O) groups is 1. The molecule has 1 unspecified atom stereocenters. The van der Waals surface area contributed by atoms with Crippen LogP contribution in [0, 0.1) is 35.0 Å². The molecule has 6 heteroatoms. The summed E-state index contributed by atoms with van der Waals surface area (Å²) in [5.74, 6) is -10.8. The number of carbonyl (C=O) groups excluding carboxylic acids is 1. The molecule has 1 aromatic carbocycles. The van der Waals surface area contributed by atoms with E-state index in [1.165, 1.54) is 6.92 Å². The van der Waals surface area contributed by atoms with E-state index in [0.29, 0.717) is 6.29 Å². The first-order valence-corrected chi connectivity index (χ1v) is 4.35. The SMILES string of the molecule is CC(C=O)Cc1c(F)c(F)c(F)c(F)c1F. The predicted octanol–water partition coefficient (Wildman–Crippen LogP) is 2.76. The Balaban J connectivity index is 3.33. The van der Waals surface area contributed by atoms with Crippen LogP contribution in [-0.2, 0) is 11.2 Å². The Kier molecular flexibility index (Phi) is 3.62. The van der Waals surface area contributed by atoms with Crippen LogP contribution in [-0.4, -0.2) is 6.29 Å². The molecule has 1 nitrogen and oxygen atoms in total. The summed E-state index contributed by atoms with van der Waals surface area (Å²) < 4.78 is 64.2. The molecule has 1 aromatic rings. The molecule has 0 saturated carbocycles. The van der Waals surface area contributed by atoms with Gasteiger partial charge in [0.25, 0.3) is 0 Å². The molecule has 0 fully saturated rings. The van der Waals surface area contributed by atoms with E-state index >= 15 is 0 Å². The van der Waals surface area contributed by atoms with E-state index in [1.54, 1.807) is 0 Å². The molecule has 16 heavy (non-hydrogen) atoms. The van der Waals surface area contributed by atoms with Crippen molar-refractivity contribution in [1.29, 1.82) is 0 Å². The quantitative estimate of drug-likeness (QED) is 0.342. The fourth-order valence-electron chi connectivity index (χ4n) is 1.20. The Morgan fingerprint density at radius 1 is 0.938 bits per heavy atom. The lowest BCUT2D eigenvalue weighted by Gasteiger charge is -2.09. The average molecular weight is 238 g/mol. The van der Waals surface area contributed by atoms with Gasteiger partial charge in [0.2, 0.25) is 5.82 Å². The van der Waals surface area contributed by atoms with Crippen molar-refractivity contribution in [2.75, 3.05) is 0 Å². The van der Waals surface area contributed by atoms with E-state index in [2.05, 4.69) is 0 Å². The number of benzene rings is 1. The van der Waals surface area contributed by atoms with Crippen molar-refractivity contribution >= 4 is 6.29 Å². The monoisotopic (exact) mass is 238 g/mol. The lowest BCUT2D eigenvalue weighted by Crippen LogP contribution is -2.11. The standard InChI is InChI=1S/C10H7F5O/c1-4(3-16)2-5-6(11)8(13)10(15)9(14)7(5)12/h3-4H,2H2,1H3. The largest absolute Gasteiger partial charge is 0.303 e. The van der Waals surface area contributed by atoms with E-state index in [1.807, 2.05) is 0 Å². The molecule has 0 heterocycles. The molecule has 0 amide bonds. The highest BCUT2D eigenvalue weighted by atomic mass is 19.2. The zero-order valence-corrected chi connectivity index (χ0v) is 8.16. The maximum absolute atomic E-state index is 13.1. The van der Waals surface area contributed by atoms with Crippen molar-refractivity contribution in [2.45, 2.75) is 13.3 Å². The van der Waals surface area contributed by atoms with E-state index in [-0.39, 0.29) is 0 Å². The van der Waals surface area contributed by atoms with E-state index < -0.39 is 47.0 Å². The van der Waals surface area contributed by atoms with Gasteiger partial charge in [0.15, 0.2) is 23.3 Å². The summed E-state index contributed by atoms with van der Waals surface area (Å²) in [4.78, 5) is 10.3. The maximum atomic E-state index is 13.1. The molecule has 0 bridgehead atoms. The second-order valence-corrected chi connectivity index (χ2v) is 3.37. The third-order valence-electron chi connectivity index (χ3n) is 2.06. The van der Waals surface area contributed by atoms with Gasteiger partial charge in [-0.3, -0.25) is 0 Å². The molecule has 0 aromatic heterocycles. The van der Waals surface area contributed by atoms with Crippen LogP contribution in [0.5, 0.6) is 0 Å². The highest BCUT2D eigenvalue weighted by molar-refractivity contribution is 5.53.